The Balaban J connectivity index is 1.80. The number of thiazole rings is 1. The van der Waals surface area contributed by atoms with E-state index in [4.69, 9.17) is 4.74 Å². The summed E-state index contributed by atoms with van der Waals surface area (Å²) in [6, 6.07) is 7.47. The molecule has 7 nitrogen and oxygen atoms in total. The molecular weight excluding hydrogens is 326 g/mol. The number of nitrogens with one attached hydrogen (secondary N) is 1. The summed E-state index contributed by atoms with van der Waals surface area (Å²) in [6.07, 6.45) is 3.08. The van der Waals surface area contributed by atoms with E-state index in [1.54, 1.807) is 24.3 Å². The number of rotatable bonds is 5. The largest absolute Gasteiger partial charge is 0.375 e. The Bertz CT molecular complexity index is 844. The molecule has 1 amide bonds. The fraction of sp³-hybridized carbons (Fsp3) is 0.250. The lowest BCUT2D eigenvalue weighted by molar-refractivity contribution is 0.103. The number of amides is 1. The van der Waals surface area contributed by atoms with Crippen molar-refractivity contribution in [3.8, 4) is 5.69 Å². The minimum Gasteiger partial charge on any atom is -0.375 e. The number of nitrogens with zero attached hydrogens (tertiary/aromatic N) is 4. The molecule has 8 heteroatoms. The van der Waals surface area contributed by atoms with E-state index in [1.165, 1.54) is 11.3 Å². The molecule has 0 aliphatic rings. The van der Waals surface area contributed by atoms with Crippen LogP contribution in [0.15, 0.2) is 36.9 Å². The molecule has 1 aromatic carbocycles. The van der Waals surface area contributed by atoms with E-state index in [2.05, 4.69) is 20.5 Å². The molecule has 3 rings (SSSR count). The third-order valence-electron chi connectivity index (χ3n) is 3.54. The number of carbonyl (C=O) groups excluding carboxylic acids is 1. The Morgan fingerprint density at radius 2 is 2.08 bits per heavy atom. The van der Waals surface area contributed by atoms with Gasteiger partial charge >= 0.3 is 0 Å². The zero-order chi connectivity index (χ0) is 17.1. The van der Waals surface area contributed by atoms with Gasteiger partial charge in [-0.3, -0.25) is 9.36 Å². The standard InChI is InChI=1S/C16H17N5O2S/c1-10-14(24-16(19-10)11(2)23-3)15(22)20-12-5-4-6-13(7-12)21-8-17-18-9-21/h4-9,11H,1-3H3,(H,20,22). The highest BCUT2D eigenvalue weighted by molar-refractivity contribution is 7.14. The Labute approximate surface area is 143 Å². The van der Waals surface area contributed by atoms with Gasteiger partial charge in [0.1, 0.15) is 28.6 Å². The van der Waals surface area contributed by atoms with Crippen molar-refractivity contribution >= 4 is 22.9 Å². The fourth-order valence-corrected chi connectivity index (χ4v) is 3.16. The van der Waals surface area contributed by atoms with Crippen LogP contribution in [0.4, 0.5) is 5.69 Å². The zero-order valence-corrected chi connectivity index (χ0v) is 14.4. The highest BCUT2D eigenvalue weighted by Gasteiger charge is 2.18. The highest BCUT2D eigenvalue weighted by atomic mass is 32.1. The molecule has 124 valence electrons. The average molecular weight is 343 g/mol. The van der Waals surface area contributed by atoms with Gasteiger partial charge in [0.2, 0.25) is 0 Å². The number of carbonyl (C=O) groups is 1. The van der Waals surface area contributed by atoms with Crippen molar-refractivity contribution in [2.45, 2.75) is 20.0 Å². The smallest absolute Gasteiger partial charge is 0.267 e. The van der Waals surface area contributed by atoms with Crippen LogP contribution in [0.3, 0.4) is 0 Å². The normalized spacial score (nSPS) is 12.1. The number of hydrogen-bond acceptors (Lipinski definition) is 6. The first kappa shape index (κ1) is 16.3. The average Bonchev–Trinajstić information content (AvgIpc) is 3.24. The van der Waals surface area contributed by atoms with Crippen LogP contribution in [0, 0.1) is 6.92 Å². The van der Waals surface area contributed by atoms with Gasteiger partial charge in [-0.1, -0.05) is 6.07 Å². The highest BCUT2D eigenvalue weighted by Crippen LogP contribution is 2.26. The SMILES string of the molecule is COC(C)c1nc(C)c(C(=O)Nc2cccc(-n3cnnc3)c2)s1. The number of ether oxygens (including phenoxy) is 1. The summed E-state index contributed by atoms with van der Waals surface area (Å²) in [7, 11) is 1.62. The quantitative estimate of drug-likeness (QED) is 0.770. The lowest BCUT2D eigenvalue weighted by Crippen LogP contribution is -2.11. The van der Waals surface area contributed by atoms with Crippen molar-refractivity contribution in [3.63, 3.8) is 0 Å². The molecule has 1 N–H and O–H groups in total. The van der Waals surface area contributed by atoms with Crippen LogP contribution in [0.2, 0.25) is 0 Å². The molecular formula is C16H17N5O2S. The first-order chi connectivity index (χ1) is 11.6. The molecule has 0 fully saturated rings. The summed E-state index contributed by atoms with van der Waals surface area (Å²) in [6.45, 7) is 3.73. The van der Waals surface area contributed by atoms with E-state index >= 15 is 0 Å². The van der Waals surface area contributed by atoms with Crippen LogP contribution in [0.1, 0.15) is 33.4 Å². The predicted octanol–water partition coefficient (Wildman–Crippen LogP) is 2.99. The maximum absolute atomic E-state index is 12.5. The molecule has 24 heavy (non-hydrogen) atoms. The zero-order valence-electron chi connectivity index (χ0n) is 13.6. The maximum atomic E-state index is 12.5. The van der Waals surface area contributed by atoms with Crippen molar-refractivity contribution in [2.24, 2.45) is 0 Å². The second-order valence-electron chi connectivity index (χ2n) is 5.22. The van der Waals surface area contributed by atoms with E-state index in [0.29, 0.717) is 16.3 Å². The first-order valence-electron chi connectivity index (χ1n) is 7.35. The van der Waals surface area contributed by atoms with Gasteiger partial charge < -0.3 is 10.1 Å². The third-order valence-corrected chi connectivity index (χ3v) is 4.86. The van der Waals surface area contributed by atoms with Gasteiger partial charge in [0, 0.05) is 12.8 Å². The number of aryl methyl sites for hydroxylation is 1. The van der Waals surface area contributed by atoms with Crippen LogP contribution in [-0.4, -0.2) is 32.8 Å². The van der Waals surface area contributed by atoms with E-state index in [-0.39, 0.29) is 12.0 Å². The molecule has 0 saturated carbocycles. The fourth-order valence-electron chi connectivity index (χ4n) is 2.17. The van der Waals surface area contributed by atoms with Crippen molar-refractivity contribution in [1.29, 1.82) is 0 Å². The van der Waals surface area contributed by atoms with Gasteiger partial charge in [0.15, 0.2) is 0 Å². The molecule has 2 heterocycles. The van der Waals surface area contributed by atoms with Crippen LogP contribution < -0.4 is 5.32 Å². The van der Waals surface area contributed by atoms with Gasteiger partial charge in [-0.15, -0.1) is 21.5 Å². The molecule has 1 atom stereocenters. The first-order valence-corrected chi connectivity index (χ1v) is 8.16. The minimum absolute atomic E-state index is 0.132. The van der Waals surface area contributed by atoms with Crippen molar-refractivity contribution in [3.05, 3.63) is 52.5 Å². The number of anilines is 1. The van der Waals surface area contributed by atoms with Crippen LogP contribution in [0.25, 0.3) is 5.69 Å². The molecule has 0 radical (unpaired) electrons. The molecule has 2 aromatic heterocycles. The Hall–Kier alpha value is -2.58. The number of aromatic nitrogens is 4. The van der Waals surface area contributed by atoms with Crippen molar-refractivity contribution in [2.75, 3.05) is 12.4 Å². The molecule has 0 bridgehead atoms. The van der Waals surface area contributed by atoms with Crippen LogP contribution >= 0.6 is 11.3 Å². The van der Waals surface area contributed by atoms with Crippen molar-refractivity contribution in [1.82, 2.24) is 19.7 Å². The Kier molecular flexibility index (Phi) is 4.68. The van der Waals surface area contributed by atoms with E-state index < -0.39 is 0 Å². The van der Waals surface area contributed by atoms with Gasteiger partial charge in [-0.25, -0.2) is 4.98 Å². The van der Waals surface area contributed by atoms with Gasteiger partial charge in [0.25, 0.3) is 5.91 Å². The van der Waals surface area contributed by atoms with Crippen LogP contribution in [-0.2, 0) is 4.74 Å². The molecule has 0 aliphatic heterocycles. The second kappa shape index (κ2) is 6.90. The summed E-state index contributed by atoms with van der Waals surface area (Å²) in [5.41, 5.74) is 2.26. The molecule has 0 saturated heterocycles. The summed E-state index contributed by atoms with van der Waals surface area (Å²) < 4.78 is 7.03. The summed E-state index contributed by atoms with van der Waals surface area (Å²) >= 11 is 1.35. The Morgan fingerprint density at radius 3 is 2.79 bits per heavy atom. The summed E-state index contributed by atoms with van der Waals surface area (Å²) in [5.74, 6) is -0.180. The van der Waals surface area contributed by atoms with Crippen LogP contribution in [0.5, 0.6) is 0 Å². The topological polar surface area (TPSA) is 81.9 Å². The second-order valence-corrected chi connectivity index (χ2v) is 6.25. The number of benzene rings is 1. The maximum Gasteiger partial charge on any atom is 0.267 e. The van der Waals surface area contributed by atoms with Crippen molar-refractivity contribution < 1.29 is 9.53 Å². The summed E-state index contributed by atoms with van der Waals surface area (Å²) in [4.78, 5) is 17.5. The Morgan fingerprint density at radius 1 is 1.33 bits per heavy atom. The van der Waals surface area contributed by atoms with Gasteiger partial charge in [0.05, 0.1) is 11.4 Å². The predicted molar refractivity (Wildman–Crippen MR) is 91.6 cm³/mol. The summed E-state index contributed by atoms with van der Waals surface area (Å²) in [5, 5.41) is 11.3. The monoisotopic (exact) mass is 343 g/mol. The van der Waals surface area contributed by atoms with E-state index in [0.717, 1.165) is 10.7 Å². The third kappa shape index (κ3) is 3.34. The molecule has 0 spiro atoms. The lowest BCUT2D eigenvalue weighted by atomic mass is 10.2. The number of hydrogen-bond donors (Lipinski definition) is 1. The number of methoxy groups -OCH3 is 1. The van der Waals surface area contributed by atoms with Gasteiger partial charge in [-0.2, -0.15) is 0 Å². The minimum atomic E-state index is -0.180. The molecule has 1 unspecified atom stereocenters. The van der Waals surface area contributed by atoms with E-state index in [1.807, 2.05) is 38.1 Å². The van der Waals surface area contributed by atoms with Gasteiger partial charge in [-0.05, 0) is 32.0 Å². The molecule has 3 aromatic rings. The lowest BCUT2D eigenvalue weighted by Gasteiger charge is -2.07. The molecule has 0 aliphatic carbocycles. The van der Waals surface area contributed by atoms with E-state index in [9.17, 15) is 4.79 Å².